The molecule has 0 bridgehead atoms. The van der Waals surface area contributed by atoms with Crippen LogP contribution in [0.5, 0.6) is 0 Å². The molecule has 0 radical (unpaired) electrons. The van der Waals surface area contributed by atoms with E-state index in [2.05, 4.69) is 20.3 Å². The maximum Gasteiger partial charge on any atom is 0.223 e. The van der Waals surface area contributed by atoms with E-state index < -0.39 is 0 Å². The number of nitrogens with two attached hydrogens (primary N) is 1. The van der Waals surface area contributed by atoms with Crippen molar-refractivity contribution in [3.63, 3.8) is 0 Å². The number of halogens is 1. The second-order valence-electron chi connectivity index (χ2n) is 2.25. The van der Waals surface area contributed by atoms with Crippen molar-refractivity contribution in [2.45, 2.75) is 0 Å². The Morgan fingerprint density at radius 1 is 1.38 bits per heavy atom. The molecule has 0 spiro atoms. The van der Waals surface area contributed by atoms with E-state index in [1.165, 1.54) is 10.9 Å². The van der Waals surface area contributed by atoms with Crippen LogP contribution in [0.3, 0.4) is 0 Å². The maximum atomic E-state index is 5.67. The summed E-state index contributed by atoms with van der Waals surface area (Å²) in [5.41, 5.74) is 5.40. The summed E-state index contributed by atoms with van der Waals surface area (Å²) < 4.78 is 1.45. The van der Waals surface area contributed by atoms with Crippen molar-refractivity contribution < 1.29 is 0 Å². The van der Waals surface area contributed by atoms with Crippen molar-refractivity contribution in [2.24, 2.45) is 0 Å². The third kappa shape index (κ3) is 1.57. The molecule has 0 aliphatic rings. The van der Waals surface area contributed by atoms with Crippen LogP contribution in [0.2, 0.25) is 5.15 Å². The molecule has 2 aromatic rings. The van der Waals surface area contributed by atoms with Gasteiger partial charge in [0.05, 0.1) is 12.4 Å². The Bertz CT molecular complexity index is 391. The lowest BCUT2D eigenvalue weighted by Gasteiger charge is -1.99. The monoisotopic (exact) mass is 196 g/mol. The highest BCUT2D eigenvalue weighted by Gasteiger charge is 2.02. The second kappa shape index (κ2) is 2.98. The van der Waals surface area contributed by atoms with E-state index in [0.29, 0.717) is 5.82 Å². The van der Waals surface area contributed by atoms with Crippen LogP contribution >= 0.6 is 11.6 Å². The minimum absolute atomic E-state index is 0.109. The average molecular weight is 197 g/mol. The molecule has 2 aromatic heterocycles. The lowest BCUT2D eigenvalue weighted by molar-refractivity contribution is 0.779. The number of nitrogen functional groups attached to an aromatic ring is 1. The molecular weight excluding hydrogens is 192 g/mol. The van der Waals surface area contributed by atoms with Gasteiger partial charge in [0.25, 0.3) is 0 Å². The van der Waals surface area contributed by atoms with Crippen molar-refractivity contribution in [3.05, 3.63) is 23.6 Å². The number of nitrogens with zero attached hydrogens (tertiary/aromatic N) is 5. The SMILES string of the molecule is Nc1nc(Cl)cc(-n2ccnn2)n1. The van der Waals surface area contributed by atoms with E-state index >= 15 is 0 Å². The highest BCUT2D eigenvalue weighted by molar-refractivity contribution is 6.29. The van der Waals surface area contributed by atoms with Crippen LogP contribution in [0, 0.1) is 0 Å². The van der Waals surface area contributed by atoms with Gasteiger partial charge in [-0.3, -0.25) is 0 Å². The molecule has 13 heavy (non-hydrogen) atoms. The van der Waals surface area contributed by atoms with Gasteiger partial charge in [0.2, 0.25) is 5.95 Å². The summed E-state index contributed by atoms with van der Waals surface area (Å²) in [6.07, 6.45) is 3.17. The molecule has 0 aromatic carbocycles. The van der Waals surface area contributed by atoms with Gasteiger partial charge in [-0.1, -0.05) is 16.8 Å². The first-order chi connectivity index (χ1) is 6.25. The molecular formula is C6H5ClN6. The van der Waals surface area contributed by atoms with Gasteiger partial charge in [-0.2, -0.15) is 4.98 Å². The van der Waals surface area contributed by atoms with Crippen molar-refractivity contribution in [2.75, 3.05) is 5.73 Å². The molecule has 0 saturated carbocycles. The Balaban J connectivity index is 2.53. The van der Waals surface area contributed by atoms with Gasteiger partial charge < -0.3 is 5.73 Å². The van der Waals surface area contributed by atoms with E-state index in [4.69, 9.17) is 17.3 Å². The predicted octanol–water partition coefficient (Wildman–Crippen LogP) is 0.293. The molecule has 0 unspecified atom stereocenters. The van der Waals surface area contributed by atoms with Gasteiger partial charge in [0.1, 0.15) is 5.15 Å². The second-order valence-corrected chi connectivity index (χ2v) is 2.64. The molecule has 2 N–H and O–H groups in total. The zero-order chi connectivity index (χ0) is 9.26. The summed E-state index contributed by atoms with van der Waals surface area (Å²) in [4.78, 5) is 7.63. The number of hydrogen-bond acceptors (Lipinski definition) is 5. The first-order valence-electron chi connectivity index (χ1n) is 3.42. The van der Waals surface area contributed by atoms with E-state index in [1.54, 1.807) is 12.3 Å². The fourth-order valence-electron chi connectivity index (χ4n) is 0.871. The third-order valence-electron chi connectivity index (χ3n) is 1.36. The Labute approximate surface area is 78.4 Å². The molecule has 2 heterocycles. The van der Waals surface area contributed by atoms with E-state index in [-0.39, 0.29) is 11.1 Å². The van der Waals surface area contributed by atoms with Crippen LogP contribution in [-0.4, -0.2) is 25.0 Å². The maximum absolute atomic E-state index is 5.67. The van der Waals surface area contributed by atoms with Gasteiger partial charge >= 0.3 is 0 Å². The van der Waals surface area contributed by atoms with E-state index in [1.807, 2.05) is 0 Å². The van der Waals surface area contributed by atoms with Gasteiger partial charge in [0.15, 0.2) is 5.82 Å². The lowest BCUT2D eigenvalue weighted by atomic mass is 10.6. The topological polar surface area (TPSA) is 82.5 Å². The smallest absolute Gasteiger partial charge is 0.223 e. The number of aromatic nitrogens is 5. The van der Waals surface area contributed by atoms with Crippen LogP contribution in [0.25, 0.3) is 5.82 Å². The fourth-order valence-corrected chi connectivity index (χ4v) is 1.05. The summed E-state index contributed by atoms with van der Waals surface area (Å²) in [6, 6.07) is 1.55. The molecule has 0 saturated heterocycles. The Morgan fingerprint density at radius 2 is 2.23 bits per heavy atom. The van der Waals surface area contributed by atoms with Crippen molar-refractivity contribution in [1.29, 1.82) is 0 Å². The quantitative estimate of drug-likeness (QED) is 0.663. The standard InChI is InChI=1S/C6H5ClN6/c7-4-3-5(11-6(8)10-4)13-2-1-9-12-13/h1-3H,(H2,8,10,11). The molecule has 66 valence electrons. The number of rotatable bonds is 1. The number of hydrogen-bond donors (Lipinski definition) is 1. The van der Waals surface area contributed by atoms with Crippen LogP contribution in [0.15, 0.2) is 18.5 Å². The zero-order valence-electron chi connectivity index (χ0n) is 6.42. The summed E-state index contributed by atoms with van der Waals surface area (Å²) in [5.74, 6) is 0.605. The van der Waals surface area contributed by atoms with Gasteiger partial charge in [-0.15, -0.1) is 5.10 Å². The highest BCUT2D eigenvalue weighted by Crippen LogP contribution is 2.10. The summed E-state index contributed by atoms with van der Waals surface area (Å²) in [6.45, 7) is 0. The predicted molar refractivity (Wildman–Crippen MR) is 46.4 cm³/mol. The van der Waals surface area contributed by atoms with E-state index in [9.17, 15) is 0 Å². The third-order valence-corrected chi connectivity index (χ3v) is 1.55. The number of anilines is 1. The zero-order valence-corrected chi connectivity index (χ0v) is 7.18. The minimum Gasteiger partial charge on any atom is -0.368 e. The lowest BCUT2D eigenvalue weighted by Crippen LogP contribution is -2.03. The molecule has 0 amide bonds. The Morgan fingerprint density at radius 3 is 2.85 bits per heavy atom. The van der Waals surface area contributed by atoms with Crippen molar-refractivity contribution in [3.8, 4) is 5.82 Å². The van der Waals surface area contributed by atoms with E-state index in [0.717, 1.165) is 0 Å². The van der Waals surface area contributed by atoms with Crippen LogP contribution < -0.4 is 5.73 Å². The molecule has 0 atom stereocenters. The largest absolute Gasteiger partial charge is 0.368 e. The molecule has 6 nitrogen and oxygen atoms in total. The van der Waals surface area contributed by atoms with Crippen LogP contribution in [-0.2, 0) is 0 Å². The molecule has 0 fully saturated rings. The minimum atomic E-state index is 0.109. The van der Waals surface area contributed by atoms with Gasteiger partial charge in [-0.05, 0) is 0 Å². The summed E-state index contributed by atoms with van der Waals surface area (Å²) in [5, 5.41) is 7.63. The van der Waals surface area contributed by atoms with Crippen LogP contribution in [0.4, 0.5) is 5.95 Å². The fraction of sp³-hybridized carbons (Fsp3) is 0. The Hall–Kier alpha value is -1.69. The molecule has 0 aliphatic carbocycles. The molecule has 7 heteroatoms. The highest BCUT2D eigenvalue weighted by atomic mass is 35.5. The van der Waals surface area contributed by atoms with Crippen molar-refractivity contribution in [1.82, 2.24) is 25.0 Å². The summed E-state index contributed by atoms with van der Waals surface area (Å²) >= 11 is 5.67. The normalized spacial score (nSPS) is 10.2. The molecule has 0 aliphatic heterocycles. The average Bonchev–Trinajstić information content (AvgIpc) is 2.53. The van der Waals surface area contributed by atoms with Gasteiger partial charge in [-0.25, -0.2) is 9.67 Å². The Kier molecular flexibility index (Phi) is 1.82. The van der Waals surface area contributed by atoms with Crippen LogP contribution in [0.1, 0.15) is 0 Å². The summed E-state index contributed by atoms with van der Waals surface area (Å²) in [7, 11) is 0. The first-order valence-corrected chi connectivity index (χ1v) is 3.80. The van der Waals surface area contributed by atoms with Crippen molar-refractivity contribution >= 4 is 17.5 Å². The first kappa shape index (κ1) is 7.93. The van der Waals surface area contributed by atoms with Gasteiger partial charge in [0, 0.05) is 6.07 Å². The molecule has 2 rings (SSSR count).